The number of halogens is 1. The molecule has 0 spiro atoms. The number of rotatable bonds is 6. The summed E-state index contributed by atoms with van der Waals surface area (Å²) < 4.78 is 28.4. The third-order valence-electron chi connectivity index (χ3n) is 4.11. The molecule has 1 saturated heterocycles. The summed E-state index contributed by atoms with van der Waals surface area (Å²) in [6, 6.07) is 6.38. The molecule has 26 heavy (non-hydrogen) atoms. The Morgan fingerprint density at radius 2 is 2.27 bits per heavy atom. The van der Waals surface area contributed by atoms with Gasteiger partial charge < -0.3 is 15.0 Å². The van der Waals surface area contributed by atoms with Crippen molar-refractivity contribution in [3.05, 3.63) is 35.0 Å². The third kappa shape index (κ3) is 4.90. The molecule has 1 aliphatic heterocycles. The normalized spacial score (nSPS) is 18.8. The lowest BCUT2D eigenvalue weighted by Crippen LogP contribution is -2.32. The fraction of sp³-hybridized carbons (Fsp3) is 0.412. The van der Waals surface area contributed by atoms with Gasteiger partial charge in [-0.3, -0.25) is 4.79 Å². The number of sulfone groups is 1. The van der Waals surface area contributed by atoms with Crippen LogP contribution in [0.15, 0.2) is 30.0 Å². The Kier molecular flexibility index (Phi) is 6.51. The molecule has 1 aromatic rings. The molecule has 1 amide bonds. The van der Waals surface area contributed by atoms with E-state index in [9.17, 15) is 18.5 Å². The van der Waals surface area contributed by atoms with Gasteiger partial charge in [-0.2, -0.15) is 5.26 Å². The highest BCUT2D eigenvalue weighted by Crippen LogP contribution is 2.27. The lowest BCUT2D eigenvalue weighted by atomic mass is 10.2. The average molecular weight is 398 g/mol. The van der Waals surface area contributed by atoms with Crippen molar-refractivity contribution in [2.75, 3.05) is 30.5 Å². The first-order valence-electron chi connectivity index (χ1n) is 8.02. The van der Waals surface area contributed by atoms with Crippen LogP contribution in [0.4, 0.5) is 5.69 Å². The number of methoxy groups -OCH3 is 1. The first kappa shape index (κ1) is 20.1. The average Bonchev–Trinajstić information content (AvgIpc) is 2.95. The Balaban J connectivity index is 2.15. The number of nitrogens with zero attached hydrogens (tertiary/aromatic N) is 2. The van der Waals surface area contributed by atoms with Gasteiger partial charge in [-0.1, -0.05) is 11.6 Å². The van der Waals surface area contributed by atoms with Crippen molar-refractivity contribution in [3.8, 4) is 11.8 Å². The Bertz CT molecular complexity index is 861. The van der Waals surface area contributed by atoms with Crippen molar-refractivity contribution in [2.24, 2.45) is 0 Å². The second-order valence-corrected chi connectivity index (χ2v) is 8.48. The summed E-state index contributed by atoms with van der Waals surface area (Å²) in [4.78, 5) is 14.1. The lowest BCUT2D eigenvalue weighted by Gasteiger charge is -2.25. The molecular formula is C17H20ClN3O4S. The van der Waals surface area contributed by atoms with Crippen LogP contribution in [-0.2, 0) is 14.6 Å². The van der Waals surface area contributed by atoms with E-state index in [2.05, 4.69) is 5.32 Å². The number of nitrogens with one attached hydrogen (secondary N) is 1. The SMILES string of the molecule is CCN(/C=C(/C#N)C(=O)Nc1ccc(OC)c(Cl)c1)C1CCS(=O)(=O)C1. The maximum atomic E-state index is 12.4. The second kappa shape index (κ2) is 8.43. The van der Waals surface area contributed by atoms with E-state index < -0.39 is 15.7 Å². The summed E-state index contributed by atoms with van der Waals surface area (Å²) in [5, 5.41) is 12.3. The number of carbonyl (C=O) groups excluding carboxylic acids is 1. The molecule has 1 unspecified atom stereocenters. The predicted octanol–water partition coefficient (Wildman–Crippen LogP) is 2.20. The molecule has 1 aromatic carbocycles. The highest BCUT2D eigenvalue weighted by Gasteiger charge is 2.31. The summed E-state index contributed by atoms with van der Waals surface area (Å²) >= 11 is 6.03. The minimum atomic E-state index is -3.05. The fourth-order valence-electron chi connectivity index (χ4n) is 2.74. The van der Waals surface area contributed by atoms with Crippen LogP contribution in [0, 0.1) is 11.3 Å². The molecule has 0 aliphatic carbocycles. The molecule has 0 saturated carbocycles. The van der Waals surface area contributed by atoms with Gasteiger partial charge >= 0.3 is 0 Å². The van der Waals surface area contributed by atoms with Gasteiger partial charge in [-0.25, -0.2) is 8.42 Å². The Hall–Kier alpha value is -2.24. The zero-order valence-corrected chi connectivity index (χ0v) is 16.1. The maximum Gasteiger partial charge on any atom is 0.267 e. The molecule has 2 rings (SSSR count). The van der Waals surface area contributed by atoms with Crippen molar-refractivity contribution in [1.29, 1.82) is 5.26 Å². The first-order chi connectivity index (χ1) is 12.3. The van der Waals surface area contributed by atoms with E-state index >= 15 is 0 Å². The van der Waals surface area contributed by atoms with E-state index in [0.717, 1.165) is 0 Å². The lowest BCUT2D eigenvalue weighted by molar-refractivity contribution is -0.112. The minimum Gasteiger partial charge on any atom is -0.495 e. The van der Waals surface area contributed by atoms with Gasteiger partial charge in [0.2, 0.25) is 0 Å². The summed E-state index contributed by atoms with van der Waals surface area (Å²) in [5.74, 6) is 0.0417. The molecule has 1 atom stereocenters. The zero-order chi connectivity index (χ0) is 19.3. The highest BCUT2D eigenvalue weighted by molar-refractivity contribution is 7.91. The van der Waals surface area contributed by atoms with E-state index in [1.807, 2.05) is 13.0 Å². The molecule has 7 nitrogen and oxygen atoms in total. The number of hydrogen-bond acceptors (Lipinski definition) is 6. The number of anilines is 1. The van der Waals surface area contributed by atoms with E-state index in [1.165, 1.54) is 19.4 Å². The van der Waals surface area contributed by atoms with Crippen LogP contribution in [0.3, 0.4) is 0 Å². The van der Waals surface area contributed by atoms with Gasteiger partial charge in [0.25, 0.3) is 5.91 Å². The number of carbonyl (C=O) groups is 1. The summed E-state index contributed by atoms with van der Waals surface area (Å²) in [6.45, 7) is 2.34. The van der Waals surface area contributed by atoms with E-state index in [-0.39, 0.29) is 23.1 Å². The van der Waals surface area contributed by atoms with Crippen LogP contribution in [0.5, 0.6) is 5.75 Å². The molecule has 0 aromatic heterocycles. The van der Waals surface area contributed by atoms with Gasteiger partial charge in [0.15, 0.2) is 9.84 Å². The number of benzene rings is 1. The molecule has 1 aliphatic rings. The summed E-state index contributed by atoms with van der Waals surface area (Å²) in [6.07, 6.45) is 1.91. The molecular weight excluding hydrogens is 378 g/mol. The van der Waals surface area contributed by atoms with Crippen LogP contribution in [0.2, 0.25) is 5.02 Å². The molecule has 0 bridgehead atoms. The number of hydrogen-bond donors (Lipinski definition) is 1. The van der Waals surface area contributed by atoms with E-state index in [0.29, 0.717) is 29.4 Å². The fourth-order valence-corrected chi connectivity index (χ4v) is 4.74. The van der Waals surface area contributed by atoms with Gasteiger partial charge in [0.05, 0.1) is 23.6 Å². The molecule has 1 N–H and O–H groups in total. The monoisotopic (exact) mass is 397 g/mol. The van der Waals surface area contributed by atoms with Gasteiger partial charge in [0.1, 0.15) is 17.4 Å². The first-order valence-corrected chi connectivity index (χ1v) is 10.2. The number of nitriles is 1. The minimum absolute atomic E-state index is 0.0335. The molecule has 0 radical (unpaired) electrons. The van der Waals surface area contributed by atoms with Crippen LogP contribution < -0.4 is 10.1 Å². The van der Waals surface area contributed by atoms with Crippen LogP contribution in [0.1, 0.15) is 13.3 Å². The van der Waals surface area contributed by atoms with Crippen molar-refractivity contribution in [3.63, 3.8) is 0 Å². The van der Waals surface area contributed by atoms with Gasteiger partial charge in [0, 0.05) is 24.5 Å². The molecule has 140 valence electrons. The van der Waals surface area contributed by atoms with E-state index in [1.54, 1.807) is 17.0 Å². The zero-order valence-electron chi connectivity index (χ0n) is 14.5. The molecule has 9 heteroatoms. The largest absolute Gasteiger partial charge is 0.495 e. The quantitative estimate of drug-likeness (QED) is 0.583. The van der Waals surface area contributed by atoms with Crippen LogP contribution in [-0.4, -0.2) is 50.4 Å². The van der Waals surface area contributed by atoms with Gasteiger partial charge in [-0.05, 0) is 31.5 Å². The summed E-state index contributed by atoms with van der Waals surface area (Å²) in [7, 11) is -1.57. The van der Waals surface area contributed by atoms with Gasteiger partial charge in [-0.15, -0.1) is 0 Å². The Morgan fingerprint density at radius 1 is 1.54 bits per heavy atom. The maximum absolute atomic E-state index is 12.4. The second-order valence-electron chi connectivity index (χ2n) is 5.85. The predicted molar refractivity (Wildman–Crippen MR) is 99.8 cm³/mol. The van der Waals surface area contributed by atoms with Crippen molar-refractivity contribution in [1.82, 2.24) is 4.90 Å². The number of ether oxygens (including phenoxy) is 1. The Morgan fingerprint density at radius 3 is 2.77 bits per heavy atom. The van der Waals surface area contributed by atoms with Crippen molar-refractivity contribution >= 4 is 33.0 Å². The van der Waals surface area contributed by atoms with Crippen LogP contribution >= 0.6 is 11.6 Å². The molecule has 1 fully saturated rings. The molecule has 1 heterocycles. The summed E-state index contributed by atoms with van der Waals surface area (Å²) in [5.41, 5.74) is 0.316. The van der Waals surface area contributed by atoms with E-state index in [4.69, 9.17) is 16.3 Å². The number of amides is 1. The van der Waals surface area contributed by atoms with Crippen molar-refractivity contribution < 1.29 is 17.9 Å². The highest BCUT2D eigenvalue weighted by atomic mass is 35.5. The Labute approximate surface area is 158 Å². The van der Waals surface area contributed by atoms with Crippen molar-refractivity contribution in [2.45, 2.75) is 19.4 Å². The third-order valence-corrected chi connectivity index (χ3v) is 6.16. The topological polar surface area (TPSA) is 99.5 Å². The smallest absolute Gasteiger partial charge is 0.267 e. The standard InChI is InChI=1S/C17H20ClN3O4S/c1-3-21(14-6-7-26(23,24)11-14)10-12(9-19)17(22)20-13-4-5-16(25-2)15(18)8-13/h4-5,8,10,14H,3,6-7,11H2,1-2H3,(H,20,22)/b12-10-. The van der Waals surface area contributed by atoms with Crippen LogP contribution in [0.25, 0.3) is 0 Å².